The Hall–Kier alpha value is -2.35. The summed E-state index contributed by atoms with van der Waals surface area (Å²) in [5, 5.41) is 23.2. The van der Waals surface area contributed by atoms with E-state index in [2.05, 4.69) is 15.6 Å². The number of urea groups is 1. The fraction of sp³-hybridized carbons (Fsp3) is 0.417. The maximum atomic E-state index is 11.6. The van der Waals surface area contributed by atoms with Gasteiger partial charge in [0, 0.05) is 12.6 Å². The van der Waals surface area contributed by atoms with Crippen LogP contribution in [0.2, 0.25) is 0 Å². The zero-order valence-corrected chi connectivity index (χ0v) is 11.2. The predicted octanol–water partition coefficient (Wildman–Crippen LogP) is 0.437. The molecule has 1 aromatic rings. The van der Waals surface area contributed by atoms with E-state index in [1.165, 1.54) is 20.2 Å². The number of carbonyl (C=O) groups excluding carboxylic acids is 1. The molecule has 1 rings (SSSR count). The highest BCUT2D eigenvalue weighted by molar-refractivity contribution is 5.89. The molecule has 0 aliphatic heterocycles. The topological polar surface area (TPSA) is 121 Å². The Labute approximate surface area is 115 Å². The number of anilines is 1. The lowest BCUT2D eigenvalue weighted by molar-refractivity contribution is -0.141. The number of amides is 2. The number of hydrogen-bond donors (Lipinski definition) is 4. The van der Waals surface area contributed by atoms with E-state index in [0.29, 0.717) is 11.6 Å². The number of ether oxygens (including phenoxy) is 1. The van der Waals surface area contributed by atoms with Crippen molar-refractivity contribution in [3.05, 3.63) is 18.3 Å². The van der Waals surface area contributed by atoms with Gasteiger partial charge in [0.05, 0.1) is 31.0 Å². The quantitative estimate of drug-likeness (QED) is 0.601. The lowest BCUT2D eigenvalue weighted by Gasteiger charge is -2.21. The number of aliphatic carboxylic acids is 1. The summed E-state index contributed by atoms with van der Waals surface area (Å²) in [4.78, 5) is 26.0. The predicted molar refractivity (Wildman–Crippen MR) is 70.7 cm³/mol. The van der Waals surface area contributed by atoms with Gasteiger partial charge in [-0.1, -0.05) is 0 Å². The van der Waals surface area contributed by atoms with Crippen LogP contribution in [0.3, 0.4) is 0 Å². The number of pyridine rings is 1. The summed E-state index contributed by atoms with van der Waals surface area (Å²) in [6.07, 6.45) is 0.950. The zero-order valence-electron chi connectivity index (χ0n) is 11.2. The van der Waals surface area contributed by atoms with Crippen molar-refractivity contribution in [2.24, 2.45) is 0 Å². The Morgan fingerprint density at radius 3 is 2.65 bits per heavy atom. The van der Waals surface area contributed by atoms with E-state index in [-0.39, 0.29) is 6.54 Å². The third kappa shape index (κ3) is 5.53. The molecule has 0 saturated heterocycles. The van der Waals surface area contributed by atoms with Gasteiger partial charge in [0.25, 0.3) is 0 Å². The molecule has 0 aliphatic rings. The second-order valence-corrected chi connectivity index (χ2v) is 4.46. The van der Waals surface area contributed by atoms with Gasteiger partial charge in [0.2, 0.25) is 5.88 Å². The Kier molecular flexibility index (Phi) is 5.27. The highest BCUT2D eigenvalue weighted by atomic mass is 16.5. The molecule has 0 fully saturated rings. The van der Waals surface area contributed by atoms with Gasteiger partial charge in [-0.25, -0.2) is 9.78 Å². The first-order chi connectivity index (χ1) is 9.32. The van der Waals surface area contributed by atoms with Crippen molar-refractivity contribution in [2.75, 3.05) is 19.0 Å². The molecule has 1 heterocycles. The van der Waals surface area contributed by atoms with Crippen molar-refractivity contribution < 1.29 is 24.5 Å². The molecule has 1 unspecified atom stereocenters. The molecule has 4 N–H and O–H groups in total. The van der Waals surface area contributed by atoms with Crippen molar-refractivity contribution in [2.45, 2.75) is 18.9 Å². The first-order valence-corrected chi connectivity index (χ1v) is 5.81. The van der Waals surface area contributed by atoms with Gasteiger partial charge in [-0.05, 0) is 13.0 Å². The number of hydrogen-bond acceptors (Lipinski definition) is 5. The normalized spacial score (nSPS) is 13.2. The minimum Gasteiger partial charge on any atom is -0.481 e. The van der Waals surface area contributed by atoms with Crippen molar-refractivity contribution in [3.8, 4) is 5.88 Å². The molecule has 0 saturated carbocycles. The van der Waals surface area contributed by atoms with Crippen molar-refractivity contribution in [3.63, 3.8) is 0 Å². The first-order valence-electron chi connectivity index (χ1n) is 5.81. The highest BCUT2D eigenvalue weighted by Gasteiger charge is 2.24. The Balaban J connectivity index is 2.45. The standard InChI is InChI=1S/C12H17N3O5/c1-12(19,5-10(16)17)7-14-11(18)15-8-3-4-9(20-2)13-6-8/h3-4,6,19H,5,7H2,1-2H3,(H,16,17)(H2,14,15,18). The van der Waals surface area contributed by atoms with Gasteiger partial charge in [0.1, 0.15) is 0 Å². The second kappa shape index (κ2) is 6.71. The SMILES string of the molecule is COc1ccc(NC(=O)NCC(C)(O)CC(=O)O)cn1. The molecule has 1 aromatic heterocycles. The maximum absolute atomic E-state index is 11.6. The lowest BCUT2D eigenvalue weighted by atomic mass is 10.0. The third-order valence-corrected chi connectivity index (χ3v) is 2.37. The number of rotatable bonds is 6. The molecule has 0 radical (unpaired) electrons. The van der Waals surface area contributed by atoms with Crippen molar-refractivity contribution in [1.82, 2.24) is 10.3 Å². The molecular weight excluding hydrogens is 266 g/mol. The van der Waals surface area contributed by atoms with Crippen LogP contribution in [0, 0.1) is 0 Å². The van der Waals surface area contributed by atoms with E-state index in [0.717, 1.165) is 0 Å². The molecule has 1 atom stereocenters. The van der Waals surface area contributed by atoms with E-state index in [1.807, 2.05) is 0 Å². The van der Waals surface area contributed by atoms with Crippen LogP contribution in [0.5, 0.6) is 5.88 Å². The van der Waals surface area contributed by atoms with Gasteiger partial charge < -0.3 is 25.6 Å². The monoisotopic (exact) mass is 283 g/mol. The lowest BCUT2D eigenvalue weighted by Crippen LogP contribution is -2.43. The second-order valence-electron chi connectivity index (χ2n) is 4.46. The summed E-state index contributed by atoms with van der Waals surface area (Å²) < 4.78 is 4.88. The largest absolute Gasteiger partial charge is 0.481 e. The zero-order chi connectivity index (χ0) is 15.2. The van der Waals surface area contributed by atoms with Crippen LogP contribution >= 0.6 is 0 Å². The highest BCUT2D eigenvalue weighted by Crippen LogP contribution is 2.11. The van der Waals surface area contributed by atoms with E-state index in [4.69, 9.17) is 9.84 Å². The van der Waals surface area contributed by atoms with Crippen LogP contribution < -0.4 is 15.4 Å². The number of nitrogens with zero attached hydrogens (tertiary/aromatic N) is 1. The van der Waals surface area contributed by atoms with E-state index in [1.54, 1.807) is 12.1 Å². The molecule has 20 heavy (non-hydrogen) atoms. The van der Waals surface area contributed by atoms with E-state index in [9.17, 15) is 14.7 Å². The van der Waals surface area contributed by atoms with Gasteiger partial charge in [0.15, 0.2) is 0 Å². The average Bonchev–Trinajstić information content (AvgIpc) is 2.36. The Bertz CT molecular complexity index is 472. The summed E-state index contributed by atoms with van der Waals surface area (Å²) in [6, 6.07) is 2.61. The summed E-state index contributed by atoms with van der Waals surface area (Å²) >= 11 is 0. The molecule has 110 valence electrons. The third-order valence-electron chi connectivity index (χ3n) is 2.37. The van der Waals surface area contributed by atoms with Crippen LogP contribution in [0.25, 0.3) is 0 Å². The number of aromatic nitrogens is 1. The summed E-state index contributed by atoms with van der Waals surface area (Å²) in [6.45, 7) is 1.14. The molecule has 0 bridgehead atoms. The number of carboxylic acid groups (broad SMARTS) is 1. The maximum Gasteiger partial charge on any atom is 0.319 e. The van der Waals surface area contributed by atoms with Gasteiger partial charge >= 0.3 is 12.0 Å². The number of carboxylic acids is 1. The average molecular weight is 283 g/mol. The van der Waals surface area contributed by atoms with Crippen molar-refractivity contribution in [1.29, 1.82) is 0 Å². The van der Waals surface area contributed by atoms with Crippen molar-refractivity contribution >= 4 is 17.7 Å². The molecule has 0 aromatic carbocycles. The smallest absolute Gasteiger partial charge is 0.319 e. The van der Waals surface area contributed by atoms with Gasteiger partial charge in [-0.2, -0.15) is 0 Å². The molecule has 0 aliphatic carbocycles. The number of carbonyl (C=O) groups is 2. The Morgan fingerprint density at radius 1 is 1.45 bits per heavy atom. The minimum atomic E-state index is -1.51. The number of aliphatic hydroxyl groups is 1. The van der Waals surface area contributed by atoms with Crippen LogP contribution in [-0.4, -0.2) is 46.5 Å². The number of nitrogens with one attached hydrogen (secondary N) is 2. The fourth-order valence-electron chi connectivity index (χ4n) is 1.41. The van der Waals surface area contributed by atoms with Crippen LogP contribution in [0.1, 0.15) is 13.3 Å². The Morgan fingerprint density at radius 2 is 2.15 bits per heavy atom. The molecule has 8 heteroatoms. The molecule has 2 amide bonds. The molecule has 0 spiro atoms. The number of methoxy groups -OCH3 is 1. The van der Waals surface area contributed by atoms with Crippen LogP contribution in [-0.2, 0) is 4.79 Å². The fourth-order valence-corrected chi connectivity index (χ4v) is 1.41. The molecule has 8 nitrogen and oxygen atoms in total. The van der Waals surface area contributed by atoms with Crippen LogP contribution in [0.15, 0.2) is 18.3 Å². The minimum absolute atomic E-state index is 0.186. The first kappa shape index (κ1) is 15.7. The summed E-state index contributed by atoms with van der Waals surface area (Å²) in [5.41, 5.74) is -1.07. The van der Waals surface area contributed by atoms with Crippen LogP contribution in [0.4, 0.5) is 10.5 Å². The van der Waals surface area contributed by atoms with E-state index >= 15 is 0 Å². The van der Waals surface area contributed by atoms with E-state index < -0.39 is 24.0 Å². The summed E-state index contributed by atoms with van der Waals surface area (Å²) in [7, 11) is 1.48. The van der Waals surface area contributed by atoms with Gasteiger partial charge in [-0.3, -0.25) is 4.79 Å². The summed E-state index contributed by atoms with van der Waals surface area (Å²) in [5.74, 6) is -0.725. The van der Waals surface area contributed by atoms with Gasteiger partial charge in [-0.15, -0.1) is 0 Å². The molecular formula is C12H17N3O5.